The van der Waals surface area contributed by atoms with E-state index in [1.54, 1.807) is 24.3 Å². The van der Waals surface area contributed by atoms with Gasteiger partial charge in [0.15, 0.2) is 6.61 Å². The van der Waals surface area contributed by atoms with Gasteiger partial charge in [0.2, 0.25) is 0 Å². The molecule has 0 aliphatic carbocycles. The fraction of sp³-hybridized carbons (Fsp3) is 0.0952. The third-order valence-corrected chi connectivity index (χ3v) is 5.45. The van der Waals surface area contributed by atoms with Crippen LogP contribution in [0.4, 0.5) is 14.9 Å². The summed E-state index contributed by atoms with van der Waals surface area (Å²) in [6.45, 7) is 3.47. The lowest BCUT2D eigenvalue weighted by molar-refractivity contribution is -0.122. The molecule has 0 atom stereocenters. The highest BCUT2D eigenvalue weighted by atomic mass is 79.9. The fourth-order valence-electron chi connectivity index (χ4n) is 2.54. The molecule has 9 heteroatoms. The maximum absolute atomic E-state index is 12.9. The molecule has 0 spiro atoms. The summed E-state index contributed by atoms with van der Waals surface area (Å²) in [6.07, 6.45) is 3.11. The van der Waals surface area contributed by atoms with Gasteiger partial charge in [-0.05, 0) is 75.7 Å². The number of benzene rings is 2. The minimum atomic E-state index is -0.395. The average molecular weight is 491 g/mol. The molecule has 1 fully saturated rings. The van der Waals surface area contributed by atoms with Crippen LogP contribution in [-0.2, 0) is 9.59 Å². The zero-order chi connectivity index (χ0) is 21.7. The van der Waals surface area contributed by atoms with Crippen molar-refractivity contribution in [2.24, 2.45) is 0 Å². The van der Waals surface area contributed by atoms with Crippen LogP contribution in [0.25, 0.3) is 6.08 Å². The molecule has 1 aliphatic rings. The van der Waals surface area contributed by atoms with Crippen molar-refractivity contribution >= 4 is 56.5 Å². The summed E-state index contributed by atoms with van der Waals surface area (Å²) in [4.78, 5) is 37.6. The number of ether oxygens (including phenoxy) is 1. The molecule has 1 N–H and O–H groups in total. The van der Waals surface area contributed by atoms with Crippen molar-refractivity contribution in [2.45, 2.75) is 0 Å². The molecule has 6 nitrogen and oxygen atoms in total. The van der Waals surface area contributed by atoms with Gasteiger partial charge in [-0.25, -0.2) is 4.39 Å². The normalized spacial score (nSPS) is 14.9. The van der Waals surface area contributed by atoms with Crippen molar-refractivity contribution in [3.63, 3.8) is 0 Å². The molecule has 1 saturated heterocycles. The number of anilines is 1. The van der Waals surface area contributed by atoms with Crippen LogP contribution in [0.2, 0.25) is 0 Å². The lowest BCUT2D eigenvalue weighted by Gasteiger charge is -2.10. The molecular weight excluding hydrogens is 475 g/mol. The lowest BCUT2D eigenvalue weighted by Crippen LogP contribution is -2.27. The Hall–Kier alpha value is -2.91. The average Bonchev–Trinajstić information content (AvgIpc) is 2.97. The number of carbonyl (C=O) groups is 3. The highest BCUT2D eigenvalue weighted by Crippen LogP contribution is 2.33. The Kier molecular flexibility index (Phi) is 7.07. The molecule has 30 heavy (non-hydrogen) atoms. The highest BCUT2D eigenvalue weighted by Gasteiger charge is 2.34. The van der Waals surface area contributed by atoms with E-state index in [9.17, 15) is 18.8 Å². The molecule has 3 rings (SSSR count). The van der Waals surface area contributed by atoms with Crippen molar-refractivity contribution in [2.75, 3.05) is 18.5 Å². The van der Waals surface area contributed by atoms with Gasteiger partial charge in [0, 0.05) is 12.2 Å². The van der Waals surface area contributed by atoms with Gasteiger partial charge in [-0.15, -0.1) is 6.58 Å². The number of hydrogen-bond acceptors (Lipinski definition) is 5. The molecule has 154 valence electrons. The van der Waals surface area contributed by atoms with Crippen molar-refractivity contribution < 1.29 is 23.5 Å². The number of nitrogens with one attached hydrogen (secondary N) is 1. The van der Waals surface area contributed by atoms with Crippen molar-refractivity contribution in [3.8, 4) is 5.75 Å². The quantitative estimate of drug-likeness (QED) is 0.444. The van der Waals surface area contributed by atoms with Crippen molar-refractivity contribution in [1.29, 1.82) is 0 Å². The number of nitrogens with zero attached hydrogens (tertiary/aromatic N) is 1. The summed E-state index contributed by atoms with van der Waals surface area (Å²) >= 11 is 4.25. The van der Waals surface area contributed by atoms with Crippen LogP contribution >= 0.6 is 27.7 Å². The summed E-state index contributed by atoms with van der Waals surface area (Å²) in [5.41, 5.74) is 1.15. The maximum Gasteiger partial charge on any atom is 0.293 e. The second-order valence-electron chi connectivity index (χ2n) is 6.11. The van der Waals surface area contributed by atoms with Gasteiger partial charge in [0.25, 0.3) is 17.1 Å². The molecule has 2 aromatic rings. The smallest absolute Gasteiger partial charge is 0.293 e. The maximum atomic E-state index is 12.9. The van der Waals surface area contributed by atoms with Gasteiger partial charge in [0.1, 0.15) is 11.6 Å². The number of halogens is 2. The van der Waals surface area contributed by atoms with Gasteiger partial charge in [-0.3, -0.25) is 19.3 Å². The molecule has 1 aliphatic heterocycles. The molecule has 0 aromatic heterocycles. The first-order valence-electron chi connectivity index (χ1n) is 8.71. The largest absolute Gasteiger partial charge is 0.483 e. The third kappa shape index (κ3) is 5.37. The Bertz CT molecular complexity index is 1040. The Morgan fingerprint density at radius 1 is 1.23 bits per heavy atom. The minimum Gasteiger partial charge on any atom is -0.483 e. The Labute approximate surface area is 184 Å². The van der Waals surface area contributed by atoms with Crippen LogP contribution in [0.15, 0.2) is 64.5 Å². The van der Waals surface area contributed by atoms with E-state index >= 15 is 0 Å². The first kappa shape index (κ1) is 21.8. The fourth-order valence-corrected chi connectivity index (χ4v) is 3.89. The minimum absolute atomic E-state index is 0.165. The van der Waals surface area contributed by atoms with E-state index in [0.717, 1.165) is 16.7 Å². The van der Waals surface area contributed by atoms with Crippen LogP contribution in [0.3, 0.4) is 0 Å². The van der Waals surface area contributed by atoms with Crippen LogP contribution in [-0.4, -0.2) is 35.1 Å². The lowest BCUT2D eigenvalue weighted by atomic mass is 10.2. The summed E-state index contributed by atoms with van der Waals surface area (Å²) < 4.78 is 19.0. The number of amides is 3. The third-order valence-electron chi connectivity index (χ3n) is 3.93. The van der Waals surface area contributed by atoms with Crippen molar-refractivity contribution in [1.82, 2.24) is 4.90 Å². The molecule has 2 aromatic carbocycles. The number of thioether (sulfide) groups is 1. The Morgan fingerprint density at radius 2 is 1.97 bits per heavy atom. The van der Waals surface area contributed by atoms with Gasteiger partial charge in [0.05, 0.1) is 9.38 Å². The van der Waals surface area contributed by atoms with Crippen LogP contribution < -0.4 is 10.1 Å². The van der Waals surface area contributed by atoms with E-state index in [1.807, 2.05) is 0 Å². The standard InChI is InChI=1S/C21H16BrFN2O4S/c1-2-9-25-20(27)18(30-21(25)28)11-13-3-8-17(16(22)10-13)29-12-19(26)24-15-6-4-14(23)5-7-15/h2-8,10-11H,1,9,12H2,(H,24,26)/b18-11+. The van der Waals surface area contributed by atoms with E-state index in [-0.39, 0.29) is 24.3 Å². The SMILES string of the molecule is C=CCN1C(=O)S/C(=C/c2ccc(OCC(=O)Nc3ccc(F)cc3)c(Br)c2)C1=O. The van der Waals surface area contributed by atoms with E-state index in [1.165, 1.54) is 30.3 Å². The second kappa shape index (κ2) is 9.73. The predicted octanol–water partition coefficient (Wildman–Crippen LogP) is 4.83. The monoisotopic (exact) mass is 490 g/mol. The van der Waals surface area contributed by atoms with E-state index in [0.29, 0.717) is 26.4 Å². The van der Waals surface area contributed by atoms with Gasteiger partial charge < -0.3 is 10.1 Å². The first-order valence-corrected chi connectivity index (χ1v) is 10.3. The summed E-state index contributed by atoms with van der Waals surface area (Å²) in [7, 11) is 0. The second-order valence-corrected chi connectivity index (χ2v) is 7.96. The van der Waals surface area contributed by atoms with E-state index < -0.39 is 11.7 Å². The Morgan fingerprint density at radius 3 is 2.63 bits per heavy atom. The summed E-state index contributed by atoms with van der Waals surface area (Å²) in [5.74, 6) is -0.716. The van der Waals surface area contributed by atoms with Crippen LogP contribution in [0.5, 0.6) is 5.75 Å². The van der Waals surface area contributed by atoms with Crippen LogP contribution in [0.1, 0.15) is 5.56 Å². The summed E-state index contributed by atoms with van der Waals surface area (Å²) in [5, 5.41) is 2.27. The number of imide groups is 1. The topological polar surface area (TPSA) is 75.7 Å². The molecule has 0 bridgehead atoms. The molecule has 1 heterocycles. The summed E-state index contributed by atoms with van der Waals surface area (Å²) in [6, 6.07) is 10.5. The van der Waals surface area contributed by atoms with E-state index in [4.69, 9.17) is 4.74 Å². The van der Waals surface area contributed by atoms with Gasteiger partial charge >= 0.3 is 0 Å². The molecular formula is C21H16BrFN2O4S. The predicted molar refractivity (Wildman–Crippen MR) is 118 cm³/mol. The first-order chi connectivity index (χ1) is 14.4. The van der Waals surface area contributed by atoms with Crippen LogP contribution in [0, 0.1) is 5.82 Å². The zero-order valence-electron chi connectivity index (χ0n) is 15.6. The van der Waals surface area contributed by atoms with Gasteiger partial charge in [-0.1, -0.05) is 12.1 Å². The molecule has 0 radical (unpaired) electrons. The van der Waals surface area contributed by atoms with Gasteiger partial charge in [-0.2, -0.15) is 0 Å². The number of rotatable bonds is 7. The molecule has 3 amide bonds. The zero-order valence-corrected chi connectivity index (χ0v) is 18.0. The Balaban J connectivity index is 1.62. The molecule has 0 unspecified atom stereocenters. The van der Waals surface area contributed by atoms with E-state index in [2.05, 4.69) is 27.8 Å². The highest BCUT2D eigenvalue weighted by molar-refractivity contribution is 9.10. The number of hydrogen-bond donors (Lipinski definition) is 1. The molecule has 0 saturated carbocycles. The van der Waals surface area contributed by atoms with Crippen molar-refractivity contribution in [3.05, 3.63) is 75.9 Å². The number of carbonyl (C=O) groups excluding carboxylic acids is 3.